The summed E-state index contributed by atoms with van der Waals surface area (Å²) < 4.78 is 50.7. The van der Waals surface area contributed by atoms with E-state index in [2.05, 4.69) is 0 Å². The zero-order chi connectivity index (χ0) is 21.9. The molecule has 0 unspecified atom stereocenters. The summed E-state index contributed by atoms with van der Waals surface area (Å²) in [6, 6.07) is 10.5. The van der Waals surface area contributed by atoms with Crippen LogP contribution in [0.25, 0.3) is 10.9 Å². The third-order valence-corrected chi connectivity index (χ3v) is 4.76. The summed E-state index contributed by atoms with van der Waals surface area (Å²) in [5.74, 6) is -0.0757. The van der Waals surface area contributed by atoms with Gasteiger partial charge < -0.3 is 14.0 Å². The normalized spacial score (nSPS) is 11.5. The Morgan fingerprint density at radius 3 is 2.57 bits per heavy atom. The Balaban J connectivity index is 1.99. The van der Waals surface area contributed by atoms with Gasteiger partial charge in [-0.15, -0.1) is 0 Å². The third-order valence-electron chi connectivity index (χ3n) is 4.44. The molecule has 0 N–H and O–H groups in total. The van der Waals surface area contributed by atoms with E-state index in [4.69, 9.17) is 21.1 Å². The zero-order valence-electron chi connectivity index (χ0n) is 15.8. The highest BCUT2D eigenvalue weighted by molar-refractivity contribution is 6.31. The van der Waals surface area contributed by atoms with E-state index in [1.165, 1.54) is 19.1 Å². The van der Waals surface area contributed by atoms with Crippen molar-refractivity contribution in [2.75, 3.05) is 6.61 Å². The molecule has 0 amide bonds. The van der Waals surface area contributed by atoms with Crippen molar-refractivity contribution in [1.82, 2.24) is 4.57 Å². The van der Waals surface area contributed by atoms with Crippen molar-refractivity contribution >= 4 is 34.9 Å². The Labute approximate surface area is 174 Å². The predicted octanol–water partition coefficient (Wildman–Crippen LogP) is 5.00. The zero-order valence-corrected chi connectivity index (χ0v) is 16.6. The van der Waals surface area contributed by atoms with E-state index in [-0.39, 0.29) is 18.2 Å². The van der Waals surface area contributed by atoms with Crippen LogP contribution in [0, 0.1) is 0 Å². The molecule has 158 valence electrons. The fourth-order valence-corrected chi connectivity index (χ4v) is 3.52. The molecule has 2 aromatic carbocycles. The number of fused-ring (bicyclic) bond motifs is 1. The van der Waals surface area contributed by atoms with E-state index < -0.39 is 17.7 Å². The molecule has 30 heavy (non-hydrogen) atoms. The van der Waals surface area contributed by atoms with E-state index >= 15 is 0 Å². The highest BCUT2D eigenvalue weighted by Crippen LogP contribution is 2.35. The van der Waals surface area contributed by atoms with Crippen LogP contribution >= 0.6 is 11.6 Å². The Kier molecular flexibility index (Phi) is 6.36. The van der Waals surface area contributed by atoms with Crippen LogP contribution in [-0.2, 0) is 33.5 Å². The van der Waals surface area contributed by atoms with Gasteiger partial charge in [0.15, 0.2) is 0 Å². The summed E-state index contributed by atoms with van der Waals surface area (Å²) in [4.78, 5) is 21.7. The molecular weight excluding hydrogens is 423 g/mol. The molecule has 0 spiro atoms. The van der Waals surface area contributed by atoms with Crippen LogP contribution in [0.2, 0.25) is 5.02 Å². The number of ether oxygens (including phenoxy) is 2. The first kappa shape index (κ1) is 21.7. The minimum absolute atomic E-state index is 0.143. The van der Waals surface area contributed by atoms with Crippen molar-refractivity contribution in [2.24, 2.45) is 0 Å². The van der Waals surface area contributed by atoms with Gasteiger partial charge in [0, 0.05) is 36.5 Å². The van der Waals surface area contributed by atoms with Crippen LogP contribution in [0.5, 0.6) is 5.75 Å². The van der Waals surface area contributed by atoms with E-state index in [1.807, 2.05) is 10.6 Å². The second-order valence-corrected chi connectivity index (χ2v) is 6.97. The molecule has 1 heterocycles. The summed E-state index contributed by atoms with van der Waals surface area (Å²) in [5.41, 5.74) is 1.26. The quantitative estimate of drug-likeness (QED) is 0.225. The molecule has 9 heteroatoms. The average Bonchev–Trinajstić information content (AvgIpc) is 2.97. The van der Waals surface area contributed by atoms with Gasteiger partial charge in [-0.3, -0.25) is 9.59 Å². The lowest BCUT2D eigenvalue weighted by Gasteiger charge is -2.14. The lowest BCUT2D eigenvalue weighted by Crippen LogP contribution is -2.09. The first-order valence-electron chi connectivity index (χ1n) is 8.90. The SMILES string of the molecule is CC(=O)Oc1ccc2c(c1)cc(CCOC=O)n2Cc1ccc(C(F)(F)F)c(Cl)c1. The van der Waals surface area contributed by atoms with Crippen LogP contribution < -0.4 is 4.74 Å². The Bertz CT molecular complexity index is 1090. The lowest BCUT2D eigenvalue weighted by molar-refractivity contribution is -0.137. The molecule has 0 radical (unpaired) electrons. The lowest BCUT2D eigenvalue weighted by atomic mass is 10.1. The maximum absolute atomic E-state index is 13.0. The summed E-state index contributed by atoms with van der Waals surface area (Å²) in [6.45, 7) is 2.04. The van der Waals surface area contributed by atoms with Crippen molar-refractivity contribution in [3.8, 4) is 5.75 Å². The molecule has 3 aromatic rings. The first-order valence-corrected chi connectivity index (χ1v) is 9.28. The number of halogens is 4. The molecule has 1 aromatic heterocycles. The summed E-state index contributed by atoms with van der Waals surface area (Å²) in [5, 5.41) is 0.396. The van der Waals surface area contributed by atoms with E-state index in [0.29, 0.717) is 24.2 Å². The van der Waals surface area contributed by atoms with Gasteiger partial charge in [0.1, 0.15) is 5.75 Å². The van der Waals surface area contributed by atoms with E-state index in [9.17, 15) is 22.8 Å². The van der Waals surface area contributed by atoms with Crippen LogP contribution in [0.15, 0.2) is 42.5 Å². The molecule has 0 aliphatic carbocycles. The smallest absolute Gasteiger partial charge is 0.417 e. The number of benzene rings is 2. The van der Waals surface area contributed by atoms with Crippen molar-refractivity contribution in [2.45, 2.75) is 26.1 Å². The van der Waals surface area contributed by atoms with Gasteiger partial charge in [0.2, 0.25) is 0 Å². The second-order valence-electron chi connectivity index (χ2n) is 6.57. The van der Waals surface area contributed by atoms with Gasteiger partial charge in [0.05, 0.1) is 17.2 Å². The minimum atomic E-state index is -4.53. The van der Waals surface area contributed by atoms with Gasteiger partial charge in [0.25, 0.3) is 6.47 Å². The van der Waals surface area contributed by atoms with Crippen LogP contribution in [-0.4, -0.2) is 23.6 Å². The number of rotatable bonds is 7. The molecule has 0 aliphatic heterocycles. The van der Waals surface area contributed by atoms with Crippen LogP contribution in [0.3, 0.4) is 0 Å². The third kappa shape index (κ3) is 4.94. The number of hydrogen-bond donors (Lipinski definition) is 0. The number of hydrogen-bond acceptors (Lipinski definition) is 4. The van der Waals surface area contributed by atoms with Gasteiger partial charge >= 0.3 is 12.1 Å². The molecule has 3 rings (SSSR count). The fourth-order valence-electron chi connectivity index (χ4n) is 3.21. The maximum Gasteiger partial charge on any atom is 0.417 e. The van der Waals surface area contributed by atoms with Crippen molar-refractivity contribution < 1.29 is 32.2 Å². The average molecular weight is 440 g/mol. The molecule has 0 bridgehead atoms. The monoisotopic (exact) mass is 439 g/mol. The number of carbonyl (C=O) groups excluding carboxylic acids is 2. The highest BCUT2D eigenvalue weighted by atomic mass is 35.5. The van der Waals surface area contributed by atoms with Crippen LogP contribution in [0.1, 0.15) is 23.7 Å². The number of alkyl halides is 3. The van der Waals surface area contributed by atoms with Gasteiger partial charge in [-0.1, -0.05) is 17.7 Å². The van der Waals surface area contributed by atoms with Crippen molar-refractivity contribution in [3.05, 3.63) is 64.3 Å². The number of carbonyl (C=O) groups is 2. The number of nitrogens with zero attached hydrogens (tertiary/aromatic N) is 1. The molecular formula is C21H17ClF3NO4. The fraction of sp³-hybridized carbons (Fsp3) is 0.238. The molecule has 0 saturated heterocycles. The minimum Gasteiger partial charge on any atom is -0.467 e. The molecule has 0 aliphatic rings. The topological polar surface area (TPSA) is 57.5 Å². The number of aromatic nitrogens is 1. The number of esters is 1. The van der Waals surface area contributed by atoms with Crippen molar-refractivity contribution in [3.63, 3.8) is 0 Å². The van der Waals surface area contributed by atoms with E-state index in [1.54, 1.807) is 18.2 Å². The Morgan fingerprint density at radius 2 is 1.93 bits per heavy atom. The molecule has 0 saturated carbocycles. The van der Waals surface area contributed by atoms with Crippen LogP contribution in [0.4, 0.5) is 13.2 Å². The highest BCUT2D eigenvalue weighted by Gasteiger charge is 2.33. The van der Waals surface area contributed by atoms with Gasteiger partial charge in [-0.25, -0.2) is 0 Å². The van der Waals surface area contributed by atoms with Gasteiger partial charge in [-0.05, 0) is 42.0 Å². The maximum atomic E-state index is 13.0. The summed E-state index contributed by atoms with van der Waals surface area (Å²) in [6.07, 6.45) is -4.13. The largest absolute Gasteiger partial charge is 0.467 e. The summed E-state index contributed by atoms with van der Waals surface area (Å²) >= 11 is 5.85. The molecule has 0 atom stereocenters. The van der Waals surface area contributed by atoms with Crippen molar-refractivity contribution in [1.29, 1.82) is 0 Å². The standard InChI is InChI=1S/C21H17ClF3NO4/c1-13(28)30-17-3-5-20-15(10-17)9-16(6-7-29-12-27)26(20)11-14-2-4-18(19(22)8-14)21(23,24)25/h2-5,8-10,12H,6-7,11H2,1H3. The second kappa shape index (κ2) is 8.79. The Morgan fingerprint density at radius 1 is 1.17 bits per heavy atom. The predicted molar refractivity (Wildman–Crippen MR) is 105 cm³/mol. The Hall–Kier alpha value is -3.00. The summed E-state index contributed by atoms with van der Waals surface area (Å²) in [7, 11) is 0. The van der Waals surface area contributed by atoms with Gasteiger partial charge in [-0.2, -0.15) is 13.2 Å². The molecule has 5 nitrogen and oxygen atoms in total. The first-order chi connectivity index (χ1) is 14.2. The van der Waals surface area contributed by atoms with E-state index in [0.717, 1.165) is 22.7 Å². The molecule has 0 fully saturated rings.